The van der Waals surface area contributed by atoms with Crippen LogP contribution < -0.4 is 14.8 Å². The van der Waals surface area contributed by atoms with Crippen LogP contribution in [0.4, 0.5) is 5.88 Å². The molecule has 0 spiro atoms. The third kappa shape index (κ3) is 4.14. The molecule has 0 aliphatic heterocycles. The van der Waals surface area contributed by atoms with Gasteiger partial charge in [-0.15, -0.1) is 0 Å². The summed E-state index contributed by atoms with van der Waals surface area (Å²) in [7, 11) is 1.61. The average Bonchev–Trinajstić information content (AvgIpc) is 3.09. The fourth-order valence-corrected chi connectivity index (χ4v) is 2.44. The SMILES string of the molecule is COc1ccc(OCc2nc(C#N)c(N[C@H](C)c3ccccc3)o2)cc1. The Hall–Kier alpha value is -3.46. The van der Waals surface area contributed by atoms with E-state index in [-0.39, 0.29) is 18.3 Å². The molecular weight excluding hydrogens is 330 g/mol. The number of rotatable bonds is 7. The van der Waals surface area contributed by atoms with E-state index < -0.39 is 0 Å². The first kappa shape index (κ1) is 17.4. The van der Waals surface area contributed by atoms with Crippen molar-refractivity contribution in [2.75, 3.05) is 12.4 Å². The summed E-state index contributed by atoms with van der Waals surface area (Å²) in [6.45, 7) is 2.12. The summed E-state index contributed by atoms with van der Waals surface area (Å²) in [6.07, 6.45) is 0. The van der Waals surface area contributed by atoms with Gasteiger partial charge in [0.15, 0.2) is 6.61 Å². The molecule has 132 valence electrons. The molecule has 3 aromatic rings. The van der Waals surface area contributed by atoms with Crippen molar-refractivity contribution < 1.29 is 13.9 Å². The maximum atomic E-state index is 9.29. The maximum absolute atomic E-state index is 9.29. The van der Waals surface area contributed by atoms with Gasteiger partial charge in [-0.2, -0.15) is 10.2 Å². The molecule has 0 radical (unpaired) electrons. The predicted molar refractivity (Wildman–Crippen MR) is 97.0 cm³/mol. The lowest BCUT2D eigenvalue weighted by Gasteiger charge is -2.13. The average molecular weight is 349 g/mol. The number of hydrogen-bond acceptors (Lipinski definition) is 6. The van der Waals surface area contributed by atoms with Gasteiger partial charge in [0, 0.05) is 0 Å². The van der Waals surface area contributed by atoms with Gasteiger partial charge in [0.25, 0.3) is 0 Å². The normalized spacial score (nSPS) is 11.4. The highest BCUT2D eigenvalue weighted by molar-refractivity contribution is 5.47. The van der Waals surface area contributed by atoms with Gasteiger partial charge in [-0.1, -0.05) is 30.3 Å². The molecule has 0 fully saturated rings. The van der Waals surface area contributed by atoms with Crippen molar-refractivity contribution >= 4 is 5.88 Å². The van der Waals surface area contributed by atoms with Crippen LogP contribution in [0.3, 0.4) is 0 Å². The highest BCUT2D eigenvalue weighted by Gasteiger charge is 2.16. The summed E-state index contributed by atoms with van der Waals surface area (Å²) >= 11 is 0. The van der Waals surface area contributed by atoms with Crippen LogP contribution in [0.25, 0.3) is 0 Å². The van der Waals surface area contributed by atoms with E-state index in [0.717, 1.165) is 11.3 Å². The fourth-order valence-electron chi connectivity index (χ4n) is 2.44. The lowest BCUT2D eigenvalue weighted by molar-refractivity contribution is 0.264. The Bertz CT molecular complexity index is 883. The Morgan fingerprint density at radius 3 is 2.46 bits per heavy atom. The van der Waals surface area contributed by atoms with Crippen LogP contribution in [0.2, 0.25) is 0 Å². The molecule has 1 aromatic heterocycles. The van der Waals surface area contributed by atoms with Crippen LogP contribution in [0.1, 0.15) is 30.1 Å². The molecule has 0 saturated heterocycles. The first-order valence-electron chi connectivity index (χ1n) is 8.17. The Morgan fingerprint density at radius 2 is 1.81 bits per heavy atom. The van der Waals surface area contributed by atoms with Crippen molar-refractivity contribution in [3.8, 4) is 17.6 Å². The highest BCUT2D eigenvalue weighted by Crippen LogP contribution is 2.24. The van der Waals surface area contributed by atoms with E-state index in [0.29, 0.717) is 17.5 Å². The third-order valence-corrected chi connectivity index (χ3v) is 3.85. The van der Waals surface area contributed by atoms with Crippen LogP contribution >= 0.6 is 0 Å². The summed E-state index contributed by atoms with van der Waals surface area (Å²) in [5.41, 5.74) is 1.30. The van der Waals surface area contributed by atoms with Crippen molar-refractivity contribution in [2.24, 2.45) is 0 Å². The number of aromatic nitrogens is 1. The molecule has 2 aromatic carbocycles. The molecule has 3 rings (SSSR count). The number of nitriles is 1. The van der Waals surface area contributed by atoms with Crippen molar-refractivity contribution in [1.82, 2.24) is 4.98 Å². The molecule has 6 heteroatoms. The minimum Gasteiger partial charge on any atom is -0.497 e. The number of nitrogens with one attached hydrogen (secondary N) is 1. The summed E-state index contributed by atoms with van der Waals surface area (Å²) in [5, 5.41) is 12.5. The minimum atomic E-state index is -0.0217. The number of methoxy groups -OCH3 is 1. The summed E-state index contributed by atoms with van der Waals surface area (Å²) in [5.74, 6) is 2.09. The lowest BCUT2D eigenvalue weighted by Crippen LogP contribution is -2.06. The Kier molecular flexibility index (Phi) is 5.40. The number of hydrogen-bond donors (Lipinski definition) is 1. The van der Waals surface area contributed by atoms with Crippen LogP contribution in [0.5, 0.6) is 11.5 Å². The van der Waals surface area contributed by atoms with E-state index in [4.69, 9.17) is 13.9 Å². The number of nitrogens with zero attached hydrogens (tertiary/aromatic N) is 2. The Balaban J connectivity index is 1.67. The van der Waals surface area contributed by atoms with Crippen LogP contribution in [-0.2, 0) is 6.61 Å². The molecule has 1 heterocycles. The van der Waals surface area contributed by atoms with E-state index in [2.05, 4.69) is 10.3 Å². The molecule has 1 atom stereocenters. The predicted octanol–water partition coefficient (Wildman–Crippen LogP) is 4.31. The second-order valence-electron chi connectivity index (χ2n) is 5.64. The fraction of sp³-hybridized carbons (Fsp3) is 0.200. The van der Waals surface area contributed by atoms with Gasteiger partial charge in [-0.25, -0.2) is 0 Å². The van der Waals surface area contributed by atoms with Gasteiger partial charge in [0.2, 0.25) is 17.5 Å². The van der Waals surface area contributed by atoms with Crippen molar-refractivity contribution in [2.45, 2.75) is 19.6 Å². The van der Waals surface area contributed by atoms with Crippen molar-refractivity contribution in [1.29, 1.82) is 5.26 Å². The standard InChI is InChI=1S/C20H19N3O3/c1-14(15-6-4-3-5-7-15)22-20-18(12-21)23-19(26-20)13-25-17-10-8-16(24-2)9-11-17/h3-11,14,22H,13H2,1-2H3/t14-/m1/s1. The summed E-state index contributed by atoms with van der Waals surface area (Å²) in [4.78, 5) is 4.18. The van der Waals surface area contributed by atoms with Crippen LogP contribution in [0, 0.1) is 11.3 Å². The third-order valence-electron chi connectivity index (χ3n) is 3.85. The van der Waals surface area contributed by atoms with E-state index in [1.807, 2.05) is 43.3 Å². The summed E-state index contributed by atoms with van der Waals surface area (Å²) in [6, 6.07) is 19.1. The zero-order valence-electron chi connectivity index (χ0n) is 14.6. The monoisotopic (exact) mass is 349 g/mol. The zero-order chi connectivity index (χ0) is 18.4. The smallest absolute Gasteiger partial charge is 0.236 e. The quantitative estimate of drug-likeness (QED) is 0.685. The number of benzene rings is 2. The second kappa shape index (κ2) is 8.08. The van der Waals surface area contributed by atoms with Crippen molar-refractivity contribution in [3.63, 3.8) is 0 Å². The number of anilines is 1. The number of oxazole rings is 1. The van der Waals surface area contributed by atoms with Gasteiger partial charge >= 0.3 is 0 Å². The van der Waals surface area contributed by atoms with Gasteiger partial charge in [0.1, 0.15) is 17.6 Å². The highest BCUT2D eigenvalue weighted by atomic mass is 16.5. The van der Waals surface area contributed by atoms with E-state index in [1.54, 1.807) is 31.4 Å². The number of ether oxygens (including phenoxy) is 2. The van der Waals surface area contributed by atoms with E-state index in [9.17, 15) is 5.26 Å². The summed E-state index contributed by atoms with van der Waals surface area (Å²) < 4.78 is 16.4. The second-order valence-corrected chi connectivity index (χ2v) is 5.64. The van der Waals surface area contributed by atoms with Gasteiger partial charge < -0.3 is 19.2 Å². The molecule has 1 N–H and O–H groups in total. The zero-order valence-corrected chi connectivity index (χ0v) is 14.6. The minimum absolute atomic E-state index is 0.0217. The molecule has 0 unspecified atom stereocenters. The Labute approximate surface area is 152 Å². The first-order chi connectivity index (χ1) is 12.7. The van der Waals surface area contributed by atoms with Gasteiger partial charge in [0.05, 0.1) is 13.2 Å². The largest absolute Gasteiger partial charge is 0.497 e. The van der Waals surface area contributed by atoms with Gasteiger partial charge in [-0.05, 0) is 36.8 Å². The molecule has 0 amide bonds. The molecular formula is C20H19N3O3. The van der Waals surface area contributed by atoms with Gasteiger partial charge in [-0.3, -0.25) is 0 Å². The molecule has 6 nitrogen and oxygen atoms in total. The molecule has 0 bridgehead atoms. The Morgan fingerprint density at radius 1 is 1.12 bits per heavy atom. The first-order valence-corrected chi connectivity index (χ1v) is 8.17. The topological polar surface area (TPSA) is 80.3 Å². The van der Waals surface area contributed by atoms with Crippen LogP contribution in [-0.4, -0.2) is 12.1 Å². The van der Waals surface area contributed by atoms with E-state index in [1.165, 1.54) is 0 Å². The van der Waals surface area contributed by atoms with E-state index >= 15 is 0 Å². The molecule has 0 aliphatic carbocycles. The maximum Gasteiger partial charge on any atom is 0.236 e. The lowest BCUT2D eigenvalue weighted by atomic mass is 10.1. The molecule has 0 saturated carbocycles. The molecule has 0 aliphatic rings. The van der Waals surface area contributed by atoms with Crippen molar-refractivity contribution in [3.05, 3.63) is 71.7 Å². The van der Waals surface area contributed by atoms with Crippen LogP contribution in [0.15, 0.2) is 59.0 Å². The molecule has 26 heavy (non-hydrogen) atoms.